The third-order valence-electron chi connectivity index (χ3n) is 2.44. The largest absolute Gasteiger partial charge is 0.327 e. The molecule has 1 aromatic heterocycles. The van der Waals surface area contributed by atoms with E-state index in [0.29, 0.717) is 0 Å². The van der Waals surface area contributed by atoms with Crippen molar-refractivity contribution in [3.05, 3.63) is 22.4 Å². The van der Waals surface area contributed by atoms with Gasteiger partial charge in [-0.2, -0.15) is 0 Å². The maximum atomic E-state index is 11.4. The normalized spacial score (nSPS) is 19.1. The highest BCUT2D eigenvalue weighted by atomic mass is 32.1. The van der Waals surface area contributed by atoms with Gasteiger partial charge in [-0.25, -0.2) is 0 Å². The maximum absolute atomic E-state index is 11.4. The van der Waals surface area contributed by atoms with E-state index in [0.717, 1.165) is 4.88 Å². The van der Waals surface area contributed by atoms with E-state index in [9.17, 15) is 9.59 Å². The summed E-state index contributed by atoms with van der Waals surface area (Å²) in [7, 11) is 0. The molecule has 0 radical (unpaired) electrons. The molecule has 0 aliphatic carbocycles. The molecule has 2 rings (SSSR count). The number of carbonyl (C=O) groups is 2. The molecule has 0 spiro atoms. The highest BCUT2D eigenvalue weighted by Gasteiger charge is 2.31. The lowest BCUT2D eigenvalue weighted by Crippen LogP contribution is -2.27. The van der Waals surface area contributed by atoms with Crippen LogP contribution in [-0.2, 0) is 9.59 Å². The Bertz CT molecular complexity index is 358. The zero-order valence-electron chi connectivity index (χ0n) is 7.90. The highest BCUT2D eigenvalue weighted by Crippen LogP contribution is 2.27. The van der Waals surface area contributed by atoms with Crippen LogP contribution < -0.4 is 0 Å². The number of hydrogen-bond donors (Lipinski definition) is 0. The van der Waals surface area contributed by atoms with E-state index in [1.165, 1.54) is 0 Å². The SMILES string of the molecule is CC(c1cccs1)N1CC(=O)CC1=O. The van der Waals surface area contributed by atoms with Crippen LogP contribution in [0.3, 0.4) is 0 Å². The van der Waals surface area contributed by atoms with Gasteiger partial charge in [0.2, 0.25) is 5.91 Å². The molecule has 74 valence electrons. The number of hydrogen-bond acceptors (Lipinski definition) is 3. The van der Waals surface area contributed by atoms with Crippen LogP contribution in [0.1, 0.15) is 24.3 Å². The third kappa shape index (κ3) is 1.57. The molecule has 2 heterocycles. The van der Waals surface area contributed by atoms with E-state index in [2.05, 4.69) is 0 Å². The van der Waals surface area contributed by atoms with Crippen LogP contribution in [0.4, 0.5) is 0 Å². The molecule has 14 heavy (non-hydrogen) atoms. The molecule has 1 saturated heterocycles. The molecule has 0 saturated carbocycles. The fraction of sp³-hybridized carbons (Fsp3) is 0.400. The minimum Gasteiger partial charge on any atom is -0.327 e. The first-order valence-corrected chi connectivity index (χ1v) is 5.41. The van der Waals surface area contributed by atoms with Crippen LogP contribution >= 0.6 is 11.3 Å². The Hall–Kier alpha value is -1.16. The average Bonchev–Trinajstić information content (AvgIpc) is 2.73. The first-order valence-electron chi connectivity index (χ1n) is 4.53. The first-order chi connectivity index (χ1) is 6.68. The number of Topliss-reactive ketones (excluding diaryl/α,β-unsaturated/α-hetero) is 1. The van der Waals surface area contributed by atoms with Gasteiger partial charge in [-0.15, -0.1) is 11.3 Å². The van der Waals surface area contributed by atoms with Crippen molar-refractivity contribution >= 4 is 23.0 Å². The van der Waals surface area contributed by atoms with Crippen molar-refractivity contribution in [1.29, 1.82) is 0 Å². The summed E-state index contributed by atoms with van der Waals surface area (Å²) < 4.78 is 0. The molecule has 3 nitrogen and oxygen atoms in total. The third-order valence-corrected chi connectivity index (χ3v) is 3.48. The van der Waals surface area contributed by atoms with Gasteiger partial charge in [0.15, 0.2) is 5.78 Å². The fourth-order valence-electron chi connectivity index (χ4n) is 1.64. The lowest BCUT2D eigenvalue weighted by molar-refractivity contribution is -0.129. The summed E-state index contributed by atoms with van der Waals surface area (Å²) in [5, 5.41) is 1.98. The topological polar surface area (TPSA) is 37.4 Å². The van der Waals surface area contributed by atoms with Gasteiger partial charge < -0.3 is 4.90 Å². The minimum atomic E-state index is -0.0455. The second-order valence-electron chi connectivity index (χ2n) is 3.43. The van der Waals surface area contributed by atoms with Crippen LogP contribution in [0.25, 0.3) is 0 Å². The Morgan fingerprint density at radius 1 is 1.50 bits per heavy atom. The van der Waals surface area contributed by atoms with E-state index in [1.54, 1.807) is 16.2 Å². The van der Waals surface area contributed by atoms with Gasteiger partial charge in [-0.1, -0.05) is 6.07 Å². The molecule has 1 aromatic rings. The second kappa shape index (κ2) is 3.53. The van der Waals surface area contributed by atoms with Crippen molar-refractivity contribution in [3.63, 3.8) is 0 Å². The smallest absolute Gasteiger partial charge is 0.231 e. The predicted molar refractivity (Wildman–Crippen MR) is 54.1 cm³/mol. The molecule has 1 fully saturated rings. The molecular weight excluding hydrogens is 198 g/mol. The van der Waals surface area contributed by atoms with Crippen LogP contribution in [0.5, 0.6) is 0 Å². The first kappa shape index (κ1) is 9.40. The van der Waals surface area contributed by atoms with Gasteiger partial charge in [0.05, 0.1) is 19.0 Å². The molecule has 1 aliphatic heterocycles. The molecule has 4 heteroatoms. The standard InChI is InChI=1S/C10H11NO2S/c1-7(9-3-2-4-14-9)11-6-8(12)5-10(11)13/h2-4,7H,5-6H2,1H3. The molecule has 0 bridgehead atoms. The van der Waals surface area contributed by atoms with Gasteiger partial charge in [0, 0.05) is 4.88 Å². The molecule has 1 aliphatic rings. The Labute approximate surface area is 86.3 Å². The molecule has 0 aromatic carbocycles. The number of rotatable bonds is 2. The number of likely N-dealkylation sites (tertiary alicyclic amines) is 1. The Balaban J connectivity index is 2.16. The van der Waals surface area contributed by atoms with Crippen LogP contribution in [0.15, 0.2) is 17.5 Å². The van der Waals surface area contributed by atoms with Gasteiger partial charge in [0.25, 0.3) is 0 Å². The van der Waals surface area contributed by atoms with E-state index < -0.39 is 0 Å². The molecule has 1 unspecified atom stereocenters. The lowest BCUT2D eigenvalue weighted by atomic mass is 10.2. The summed E-state index contributed by atoms with van der Waals surface area (Å²) in [4.78, 5) is 25.3. The van der Waals surface area contributed by atoms with Crippen molar-refractivity contribution in [2.75, 3.05) is 6.54 Å². The zero-order chi connectivity index (χ0) is 10.1. The number of amides is 1. The van der Waals surface area contributed by atoms with E-state index in [-0.39, 0.29) is 30.7 Å². The van der Waals surface area contributed by atoms with E-state index in [4.69, 9.17) is 0 Å². The van der Waals surface area contributed by atoms with Crippen molar-refractivity contribution in [2.45, 2.75) is 19.4 Å². The predicted octanol–water partition coefficient (Wildman–Crippen LogP) is 1.61. The number of nitrogens with zero attached hydrogens (tertiary/aromatic N) is 1. The van der Waals surface area contributed by atoms with Crippen molar-refractivity contribution in [3.8, 4) is 0 Å². The Kier molecular flexibility index (Phi) is 2.37. The van der Waals surface area contributed by atoms with Crippen molar-refractivity contribution in [1.82, 2.24) is 4.90 Å². The number of thiophene rings is 1. The quantitative estimate of drug-likeness (QED) is 0.694. The maximum Gasteiger partial charge on any atom is 0.231 e. The second-order valence-corrected chi connectivity index (χ2v) is 4.41. The Morgan fingerprint density at radius 3 is 2.79 bits per heavy atom. The Morgan fingerprint density at radius 2 is 2.29 bits per heavy atom. The average molecular weight is 209 g/mol. The molecular formula is C10H11NO2S. The summed E-state index contributed by atoms with van der Waals surface area (Å²) in [5.74, 6) is -0.0192. The van der Waals surface area contributed by atoms with Crippen molar-refractivity contribution in [2.24, 2.45) is 0 Å². The zero-order valence-corrected chi connectivity index (χ0v) is 8.71. The summed E-state index contributed by atoms with van der Waals surface area (Å²) in [5.41, 5.74) is 0. The van der Waals surface area contributed by atoms with E-state index >= 15 is 0 Å². The number of ketones is 1. The molecule has 1 amide bonds. The minimum absolute atomic E-state index is 0.0263. The summed E-state index contributed by atoms with van der Waals surface area (Å²) in [6.45, 7) is 2.24. The van der Waals surface area contributed by atoms with Crippen LogP contribution in [0, 0.1) is 0 Å². The number of carbonyl (C=O) groups excluding carboxylic acids is 2. The summed E-state index contributed by atoms with van der Waals surface area (Å²) in [6, 6.07) is 3.98. The molecule has 0 N–H and O–H groups in total. The molecule has 1 atom stereocenters. The lowest BCUT2D eigenvalue weighted by Gasteiger charge is -2.22. The van der Waals surface area contributed by atoms with Crippen LogP contribution in [-0.4, -0.2) is 23.1 Å². The monoisotopic (exact) mass is 209 g/mol. The summed E-state index contributed by atoms with van der Waals surface area (Å²) >= 11 is 1.62. The van der Waals surface area contributed by atoms with Crippen LogP contribution in [0.2, 0.25) is 0 Å². The van der Waals surface area contributed by atoms with Gasteiger partial charge in [0.1, 0.15) is 0 Å². The highest BCUT2D eigenvalue weighted by molar-refractivity contribution is 7.10. The van der Waals surface area contributed by atoms with Gasteiger partial charge in [-0.3, -0.25) is 9.59 Å². The van der Waals surface area contributed by atoms with Gasteiger partial charge in [-0.05, 0) is 18.4 Å². The fourth-order valence-corrected chi connectivity index (χ4v) is 2.44. The van der Waals surface area contributed by atoms with Gasteiger partial charge >= 0.3 is 0 Å². The van der Waals surface area contributed by atoms with Crippen molar-refractivity contribution < 1.29 is 9.59 Å². The summed E-state index contributed by atoms with van der Waals surface area (Å²) in [6.07, 6.45) is 0.0791. The van der Waals surface area contributed by atoms with E-state index in [1.807, 2.05) is 24.4 Å².